The average molecular weight is 174 g/mol. The molecule has 0 bridgehead atoms. The molecule has 0 aliphatic carbocycles. The summed E-state index contributed by atoms with van der Waals surface area (Å²) in [5.41, 5.74) is 2.40. The summed E-state index contributed by atoms with van der Waals surface area (Å²) in [6.45, 7) is 11.5. The molecule has 0 heterocycles. The van der Waals surface area contributed by atoms with E-state index in [0.717, 1.165) is 6.42 Å². The quantitative estimate of drug-likeness (QED) is 0.548. The highest BCUT2D eigenvalue weighted by molar-refractivity contribution is 5.41. The minimum atomic E-state index is 1.05. The summed E-state index contributed by atoms with van der Waals surface area (Å²) in [5, 5.41) is 0. The van der Waals surface area contributed by atoms with E-state index >= 15 is 0 Å². The van der Waals surface area contributed by atoms with Gasteiger partial charge in [0, 0.05) is 0 Å². The molecule has 0 fully saturated rings. The highest BCUT2D eigenvalue weighted by Gasteiger charge is 1.91. The van der Waals surface area contributed by atoms with Gasteiger partial charge in [0.05, 0.1) is 0 Å². The van der Waals surface area contributed by atoms with Crippen molar-refractivity contribution in [2.24, 2.45) is 0 Å². The summed E-state index contributed by atoms with van der Waals surface area (Å²) >= 11 is 0. The standard InChI is InChI=1S/C13H18/c1-5-8-11-13(10-7-3)12(4)9-6-2/h6-11H,2-3,5H2,1,4H3/b11-8-,12-9+,13-10+. The normalized spacial score (nSPS) is 13.4. The van der Waals surface area contributed by atoms with Gasteiger partial charge in [-0.1, -0.05) is 56.5 Å². The zero-order valence-electron chi connectivity index (χ0n) is 8.59. The predicted octanol–water partition coefficient (Wildman–Crippen LogP) is 4.20. The van der Waals surface area contributed by atoms with Crippen LogP contribution in [-0.2, 0) is 0 Å². The number of hydrogen-bond donors (Lipinski definition) is 0. The molecule has 0 nitrogen and oxygen atoms in total. The van der Waals surface area contributed by atoms with Gasteiger partial charge in [0.2, 0.25) is 0 Å². The molecular weight excluding hydrogens is 156 g/mol. The van der Waals surface area contributed by atoms with Crippen molar-refractivity contribution < 1.29 is 0 Å². The van der Waals surface area contributed by atoms with Gasteiger partial charge in [-0.25, -0.2) is 0 Å². The molecule has 0 saturated heterocycles. The Balaban J connectivity index is 4.70. The predicted molar refractivity (Wildman–Crippen MR) is 61.7 cm³/mol. The number of rotatable bonds is 5. The van der Waals surface area contributed by atoms with Crippen molar-refractivity contribution in [2.45, 2.75) is 20.3 Å². The first-order valence-electron chi connectivity index (χ1n) is 4.55. The fourth-order valence-corrected chi connectivity index (χ4v) is 0.963. The van der Waals surface area contributed by atoms with Crippen LogP contribution in [0.4, 0.5) is 0 Å². The van der Waals surface area contributed by atoms with Gasteiger partial charge in [0.25, 0.3) is 0 Å². The van der Waals surface area contributed by atoms with Crippen LogP contribution < -0.4 is 0 Å². The Morgan fingerprint density at radius 2 is 1.77 bits per heavy atom. The van der Waals surface area contributed by atoms with E-state index in [2.05, 4.69) is 39.2 Å². The summed E-state index contributed by atoms with van der Waals surface area (Å²) in [6, 6.07) is 0. The molecule has 0 radical (unpaired) electrons. The molecule has 13 heavy (non-hydrogen) atoms. The maximum absolute atomic E-state index is 3.69. The van der Waals surface area contributed by atoms with Crippen molar-refractivity contribution in [1.82, 2.24) is 0 Å². The van der Waals surface area contributed by atoms with E-state index in [9.17, 15) is 0 Å². The molecule has 0 aliphatic rings. The van der Waals surface area contributed by atoms with Gasteiger partial charge in [-0.15, -0.1) is 0 Å². The summed E-state index contributed by atoms with van der Waals surface area (Å²) in [4.78, 5) is 0. The van der Waals surface area contributed by atoms with Crippen molar-refractivity contribution >= 4 is 0 Å². The largest absolute Gasteiger partial charge is 0.0991 e. The van der Waals surface area contributed by atoms with Gasteiger partial charge in [0.15, 0.2) is 0 Å². The smallest absolute Gasteiger partial charge is 0.0231 e. The minimum absolute atomic E-state index is 1.05. The van der Waals surface area contributed by atoms with E-state index in [-0.39, 0.29) is 0 Å². The Morgan fingerprint density at radius 1 is 1.15 bits per heavy atom. The lowest BCUT2D eigenvalue weighted by molar-refractivity contribution is 1.22. The first-order chi connectivity index (χ1) is 6.26. The second kappa shape index (κ2) is 7.35. The second-order valence-electron chi connectivity index (χ2n) is 2.75. The van der Waals surface area contributed by atoms with E-state index in [0.29, 0.717) is 0 Å². The van der Waals surface area contributed by atoms with E-state index in [1.54, 1.807) is 12.2 Å². The molecule has 0 rings (SSSR count). The van der Waals surface area contributed by atoms with Crippen LogP contribution in [0.3, 0.4) is 0 Å². The molecule has 0 aliphatic heterocycles. The third-order valence-electron chi connectivity index (χ3n) is 1.65. The molecule has 70 valence electrons. The molecule has 0 N–H and O–H groups in total. The topological polar surface area (TPSA) is 0 Å². The van der Waals surface area contributed by atoms with E-state index in [4.69, 9.17) is 0 Å². The van der Waals surface area contributed by atoms with Gasteiger partial charge in [-0.05, 0) is 24.5 Å². The first-order valence-corrected chi connectivity index (χ1v) is 4.55. The SMILES string of the molecule is C=C/C=C(C)/C(/C=C\CC)=C/C=C. The number of allylic oxidation sites excluding steroid dienone is 8. The van der Waals surface area contributed by atoms with Crippen LogP contribution in [0.15, 0.2) is 60.8 Å². The van der Waals surface area contributed by atoms with Crippen molar-refractivity contribution in [2.75, 3.05) is 0 Å². The molecule has 0 amide bonds. The van der Waals surface area contributed by atoms with Crippen LogP contribution in [0, 0.1) is 0 Å². The van der Waals surface area contributed by atoms with Gasteiger partial charge in [-0.3, -0.25) is 0 Å². The Morgan fingerprint density at radius 3 is 2.23 bits per heavy atom. The van der Waals surface area contributed by atoms with Crippen molar-refractivity contribution in [1.29, 1.82) is 0 Å². The van der Waals surface area contributed by atoms with Crippen molar-refractivity contribution in [3.8, 4) is 0 Å². The van der Waals surface area contributed by atoms with E-state index < -0.39 is 0 Å². The van der Waals surface area contributed by atoms with Gasteiger partial charge in [0.1, 0.15) is 0 Å². The summed E-state index contributed by atoms with van der Waals surface area (Å²) < 4.78 is 0. The lowest BCUT2D eigenvalue weighted by atomic mass is 10.1. The van der Waals surface area contributed by atoms with Gasteiger partial charge in [-0.2, -0.15) is 0 Å². The zero-order valence-corrected chi connectivity index (χ0v) is 8.59. The van der Waals surface area contributed by atoms with Crippen LogP contribution in [-0.4, -0.2) is 0 Å². The van der Waals surface area contributed by atoms with Crippen LogP contribution in [0.2, 0.25) is 0 Å². The van der Waals surface area contributed by atoms with Gasteiger partial charge < -0.3 is 0 Å². The van der Waals surface area contributed by atoms with Crippen LogP contribution in [0.25, 0.3) is 0 Å². The Bertz CT molecular complexity index is 249. The lowest BCUT2D eigenvalue weighted by Crippen LogP contribution is -1.79. The third kappa shape index (κ3) is 5.02. The third-order valence-corrected chi connectivity index (χ3v) is 1.65. The number of hydrogen-bond acceptors (Lipinski definition) is 0. The maximum Gasteiger partial charge on any atom is -0.0231 e. The Kier molecular flexibility index (Phi) is 6.62. The molecule has 0 saturated carbocycles. The van der Waals surface area contributed by atoms with Crippen molar-refractivity contribution in [3.63, 3.8) is 0 Å². The first kappa shape index (κ1) is 11.7. The molecule has 0 heteroatoms. The van der Waals surface area contributed by atoms with Crippen LogP contribution >= 0.6 is 0 Å². The summed E-state index contributed by atoms with van der Waals surface area (Å²) in [6.07, 6.45) is 12.9. The van der Waals surface area contributed by atoms with Crippen LogP contribution in [0.5, 0.6) is 0 Å². The van der Waals surface area contributed by atoms with E-state index in [1.807, 2.05) is 12.2 Å². The average Bonchev–Trinajstić information content (AvgIpc) is 2.12. The Hall–Kier alpha value is -1.30. The zero-order chi connectivity index (χ0) is 10.1. The summed E-state index contributed by atoms with van der Waals surface area (Å²) in [7, 11) is 0. The monoisotopic (exact) mass is 174 g/mol. The second-order valence-corrected chi connectivity index (χ2v) is 2.75. The molecule has 0 atom stereocenters. The highest BCUT2D eigenvalue weighted by atomic mass is 14.0. The Labute approximate surface area is 81.7 Å². The fraction of sp³-hybridized carbons (Fsp3) is 0.231. The van der Waals surface area contributed by atoms with Crippen LogP contribution in [0.1, 0.15) is 20.3 Å². The molecule has 0 aromatic heterocycles. The summed E-state index contributed by atoms with van der Waals surface area (Å²) in [5.74, 6) is 0. The minimum Gasteiger partial charge on any atom is -0.0991 e. The van der Waals surface area contributed by atoms with Gasteiger partial charge >= 0.3 is 0 Å². The van der Waals surface area contributed by atoms with Crippen molar-refractivity contribution in [3.05, 3.63) is 60.8 Å². The van der Waals surface area contributed by atoms with E-state index in [1.165, 1.54) is 11.1 Å². The molecular formula is C13H18. The lowest BCUT2D eigenvalue weighted by Gasteiger charge is -1.99. The fourth-order valence-electron chi connectivity index (χ4n) is 0.963. The molecule has 0 spiro atoms. The molecule has 0 aromatic carbocycles. The molecule has 0 aromatic rings. The highest BCUT2D eigenvalue weighted by Crippen LogP contribution is 2.11. The molecule has 0 unspecified atom stereocenters. The maximum atomic E-state index is 3.69.